The third-order valence-electron chi connectivity index (χ3n) is 4.40. The maximum Gasteiger partial charge on any atom is 0.220 e. The zero-order valence-electron chi connectivity index (χ0n) is 12.0. The summed E-state index contributed by atoms with van der Waals surface area (Å²) in [7, 11) is 0. The largest absolute Gasteiger partial charge is 0.350 e. The van der Waals surface area contributed by atoms with Gasteiger partial charge in [-0.2, -0.15) is 5.10 Å². The summed E-state index contributed by atoms with van der Waals surface area (Å²) in [4.78, 5) is 11.9. The molecule has 2 N–H and O–H groups in total. The van der Waals surface area contributed by atoms with Crippen LogP contribution in [0.2, 0.25) is 0 Å². The SMILES string of the molecule is O=C(C[C@H]1C=CCC1)NCc1n[nH]c2c1CCCCC2. The molecule has 0 spiro atoms. The van der Waals surface area contributed by atoms with Gasteiger partial charge in [0.05, 0.1) is 12.2 Å². The summed E-state index contributed by atoms with van der Waals surface area (Å²) in [5, 5.41) is 10.6. The van der Waals surface area contributed by atoms with Crippen molar-refractivity contribution in [1.82, 2.24) is 15.5 Å². The molecule has 0 radical (unpaired) electrons. The molecule has 0 unspecified atom stereocenters. The van der Waals surface area contributed by atoms with Crippen molar-refractivity contribution in [2.24, 2.45) is 5.92 Å². The van der Waals surface area contributed by atoms with Crippen molar-refractivity contribution in [1.29, 1.82) is 0 Å². The van der Waals surface area contributed by atoms with Gasteiger partial charge in [-0.3, -0.25) is 9.89 Å². The van der Waals surface area contributed by atoms with Crippen LogP contribution in [0.3, 0.4) is 0 Å². The lowest BCUT2D eigenvalue weighted by molar-refractivity contribution is -0.121. The molecule has 2 aliphatic carbocycles. The molecule has 4 nitrogen and oxygen atoms in total. The molecule has 1 heterocycles. The van der Waals surface area contributed by atoms with E-state index in [2.05, 4.69) is 27.7 Å². The second-order valence-electron chi connectivity index (χ2n) is 5.93. The number of H-pyrrole nitrogens is 1. The molecule has 1 amide bonds. The first-order chi connectivity index (χ1) is 9.83. The van der Waals surface area contributed by atoms with E-state index in [1.54, 1.807) is 0 Å². The fourth-order valence-corrected chi connectivity index (χ4v) is 3.23. The second-order valence-corrected chi connectivity index (χ2v) is 5.93. The summed E-state index contributed by atoms with van der Waals surface area (Å²) in [5.41, 5.74) is 3.67. The third kappa shape index (κ3) is 3.11. The highest BCUT2D eigenvalue weighted by Gasteiger charge is 2.17. The predicted octanol–water partition coefficient (Wildman–Crippen LogP) is 2.65. The molecule has 0 bridgehead atoms. The van der Waals surface area contributed by atoms with Crippen molar-refractivity contribution < 1.29 is 4.79 Å². The van der Waals surface area contributed by atoms with Crippen molar-refractivity contribution in [3.05, 3.63) is 29.1 Å². The van der Waals surface area contributed by atoms with Crippen molar-refractivity contribution in [3.63, 3.8) is 0 Å². The number of aromatic nitrogens is 2. The van der Waals surface area contributed by atoms with E-state index in [4.69, 9.17) is 0 Å². The summed E-state index contributed by atoms with van der Waals surface area (Å²) in [6.07, 6.45) is 13.2. The van der Waals surface area contributed by atoms with Crippen LogP contribution in [-0.4, -0.2) is 16.1 Å². The summed E-state index contributed by atoms with van der Waals surface area (Å²) < 4.78 is 0. The molecule has 3 rings (SSSR count). The van der Waals surface area contributed by atoms with Gasteiger partial charge in [0.2, 0.25) is 5.91 Å². The first-order valence-corrected chi connectivity index (χ1v) is 7.81. The molecule has 1 aromatic heterocycles. The lowest BCUT2D eigenvalue weighted by Crippen LogP contribution is -2.25. The number of rotatable bonds is 4. The van der Waals surface area contributed by atoms with Crippen LogP contribution in [0.25, 0.3) is 0 Å². The Bertz CT molecular complexity index is 504. The van der Waals surface area contributed by atoms with E-state index < -0.39 is 0 Å². The summed E-state index contributed by atoms with van der Waals surface area (Å²) in [5.74, 6) is 0.582. The van der Waals surface area contributed by atoms with E-state index in [-0.39, 0.29) is 5.91 Å². The first kappa shape index (κ1) is 13.4. The molecule has 0 aromatic carbocycles. The molecule has 1 aromatic rings. The monoisotopic (exact) mass is 273 g/mol. The van der Waals surface area contributed by atoms with Gasteiger partial charge in [0, 0.05) is 12.1 Å². The lowest BCUT2D eigenvalue weighted by atomic mass is 10.0. The van der Waals surface area contributed by atoms with Crippen molar-refractivity contribution in [2.45, 2.75) is 57.9 Å². The van der Waals surface area contributed by atoms with E-state index in [1.807, 2.05) is 0 Å². The molecule has 0 aliphatic heterocycles. The molecule has 108 valence electrons. The Morgan fingerprint density at radius 2 is 2.25 bits per heavy atom. The number of amides is 1. The van der Waals surface area contributed by atoms with Crippen molar-refractivity contribution in [2.75, 3.05) is 0 Å². The smallest absolute Gasteiger partial charge is 0.220 e. The van der Waals surface area contributed by atoms with Crippen LogP contribution >= 0.6 is 0 Å². The fourth-order valence-electron chi connectivity index (χ4n) is 3.23. The van der Waals surface area contributed by atoms with Gasteiger partial charge in [-0.15, -0.1) is 0 Å². The third-order valence-corrected chi connectivity index (χ3v) is 4.40. The van der Waals surface area contributed by atoms with Crippen molar-refractivity contribution in [3.8, 4) is 0 Å². The molecule has 1 atom stereocenters. The van der Waals surface area contributed by atoms with Crippen LogP contribution in [0, 0.1) is 5.92 Å². The Morgan fingerprint density at radius 3 is 3.10 bits per heavy atom. The highest BCUT2D eigenvalue weighted by Crippen LogP contribution is 2.22. The fraction of sp³-hybridized carbons (Fsp3) is 0.625. The van der Waals surface area contributed by atoms with E-state index in [9.17, 15) is 4.79 Å². The zero-order chi connectivity index (χ0) is 13.8. The van der Waals surface area contributed by atoms with Crippen LogP contribution in [-0.2, 0) is 24.2 Å². The number of nitrogens with one attached hydrogen (secondary N) is 2. The molecule has 0 fully saturated rings. The molecular weight excluding hydrogens is 250 g/mol. The van der Waals surface area contributed by atoms with Gasteiger partial charge in [-0.25, -0.2) is 0 Å². The summed E-state index contributed by atoms with van der Waals surface area (Å²) in [6.45, 7) is 0.571. The van der Waals surface area contributed by atoms with E-state index in [0.717, 1.165) is 31.4 Å². The lowest BCUT2D eigenvalue weighted by Gasteiger charge is -2.08. The number of carbonyl (C=O) groups excluding carboxylic acids is 1. The van der Waals surface area contributed by atoms with E-state index >= 15 is 0 Å². The highest BCUT2D eigenvalue weighted by molar-refractivity contribution is 5.76. The standard InChI is InChI=1S/C16H23N3O/c20-16(10-12-6-4-5-7-12)17-11-15-13-8-2-1-3-9-14(13)18-19-15/h4,6,12H,1-3,5,7-11H2,(H,17,20)(H,18,19)/t12-/m0/s1. The Hall–Kier alpha value is -1.58. The maximum absolute atomic E-state index is 11.9. The predicted molar refractivity (Wildman–Crippen MR) is 78.2 cm³/mol. The topological polar surface area (TPSA) is 57.8 Å². The highest BCUT2D eigenvalue weighted by atomic mass is 16.1. The van der Waals surface area contributed by atoms with Gasteiger partial charge >= 0.3 is 0 Å². The normalized spacial score (nSPS) is 21.5. The maximum atomic E-state index is 11.9. The second kappa shape index (κ2) is 6.25. The number of aryl methyl sites for hydroxylation is 1. The molecular formula is C16H23N3O. The number of allylic oxidation sites excluding steroid dienone is 2. The first-order valence-electron chi connectivity index (χ1n) is 7.81. The molecule has 2 aliphatic rings. The average Bonchev–Trinajstić information content (AvgIpc) is 3.02. The van der Waals surface area contributed by atoms with Gasteiger partial charge in [-0.05, 0) is 50.0 Å². The molecule has 4 heteroatoms. The van der Waals surface area contributed by atoms with E-state index in [0.29, 0.717) is 18.9 Å². The van der Waals surface area contributed by atoms with Crippen LogP contribution in [0.15, 0.2) is 12.2 Å². The van der Waals surface area contributed by atoms with Gasteiger partial charge in [0.15, 0.2) is 0 Å². The quantitative estimate of drug-likeness (QED) is 0.654. The Balaban J connectivity index is 1.54. The van der Waals surface area contributed by atoms with Crippen LogP contribution in [0.4, 0.5) is 0 Å². The van der Waals surface area contributed by atoms with Gasteiger partial charge in [0.1, 0.15) is 0 Å². The number of hydrogen-bond donors (Lipinski definition) is 2. The molecule has 20 heavy (non-hydrogen) atoms. The van der Waals surface area contributed by atoms with Gasteiger partial charge in [-0.1, -0.05) is 18.6 Å². The number of hydrogen-bond acceptors (Lipinski definition) is 2. The molecule has 0 saturated heterocycles. The van der Waals surface area contributed by atoms with Gasteiger partial charge in [0.25, 0.3) is 0 Å². The van der Waals surface area contributed by atoms with Crippen LogP contribution in [0.1, 0.15) is 55.5 Å². The average molecular weight is 273 g/mol. The number of carbonyl (C=O) groups is 1. The number of fused-ring (bicyclic) bond motifs is 1. The van der Waals surface area contributed by atoms with E-state index in [1.165, 1.54) is 30.5 Å². The summed E-state index contributed by atoms with van der Waals surface area (Å²) >= 11 is 0. The summed E-state index contributed by atoms with van der Waals surface area (Å²) in [6, 6.07) is 0. The van der Waals surface area contributed by atoms with Crippen LogP contribution in [0.5, 0.6) is 0 Å². The number of aromatic amines is 1. The Morgan fingerprint density at radius 1 is 1.35 bits per heavy atom. The minimum atomic E-state index is 0.145. The Kier molecular flexibility index (Phi) is 4.19. The van der Waals surface area contributed by atoms with Gasteiger partial charge < -0.3 is 5.32 Å². The zero-order valence-corrected chi connectivity index (χ0v) is 12.0. The molecule has 0 saturated carbocycles. The number of nitrogens with zero attached hydrogens (tertiary/aromatic N) is 1. The minimum absolute atomic E-state index is 0.145. The Labute approximate surface area is 120 Å². The van der Waals surface area contributed by atoms with Crippen LogP contribution < -0.4 is 5.32 Å². The minimum Gasteiger partial charge on any atom is -0.350 e. The van der Waals surface area contributed by atoms with Crippen molar-refractivity contribution >= 4 is 5.91 Å².